The number of nitrogens with zero attached hydrogens (tertiary/aromatic N) is 2. The monoisotopic (exact) mass is 483 g/mol. The first-order valence-corrected chi connectivity index (χ1v) is 13.9. The summed E-state index contributed by atoms with van der Waals surface area (Å²) in [6, 6.07) is 18.6. The molecule has 1 aliphatic rings. The van der Waals surface area contributed by atoms with Gasteiger partial charge in [-0.25, -0.2) is 17.7 Å². The van der Waals surface area contributed by atoms with E-state index >= 15 is 0 Å². The summed E-state index contributed by atoms with van der Waals surface area (Å²) in [5.74, 6) is -0.277. The molecule has 1 N–H and O–H groups in total. The second kappa shape index (κ2) is 10.2. The first kappa shape index (κ1) is 23.6. The Hall–Kier alpha value is -2.55. The van der Waals surface area contributed by atoms with Crippen LogP contribution in [0.3, 0.4) is 0 Å². The van der Waals surface area contributed by atoms with Gasteiger partial charge >= 0.3 is 0 Å². The van der Waals surface area contributed by atoms with Crippen LogP contribution in [-0.2, 0) is 21.2 Å². The molecule has 1 fully saturated rings. The fourth-order valence-corrected chi connectivity index (χ4v) is 6.10. The van der Waals surface area contributed by atoms with Crippen molar-refractivity contribution in [2.24, 2.45) is 5.92 Å². The number of benzene rings is 2. The van der Waals surface area contributed by atoms with E-state index in [2.05, 4.69) is 48.6 Å². The van der Waals surface area contributed by atoms with Gasteiger partial charge in [-0.1, -0.05) is 67.9 Å². The highest BCUT2D eigenvalue weighted by molar-refractivity contribution is 7.88. The van der Waals surface area contributed by atoms with Crippen LogP contribution >= 0.6 is 11.3 Å². The summed E-state index contributed by atoms with van der Waals surface area (Å²) < 4.78 is 24.9. The van der Waals surface area contributed by atoms with Gasteiger partial charge in [0.25, 0.3) is 0 Å². The van der Waals surface area contributed by atoms with E-state index in [0.29, 0.717) is 31.1 Å². The highest BCUT2D eigenvalue weighted by Crippen LogP contribution is 2.34. The van der Waals surface area contributed by atoms with Crippen LogP contribution in [0.4, 0.5) is 5.13 Å². The van der Waals surface area contributed by atoms with Crippen LogP contribution in [0.15, 0.2) is 54.6 Å². The SMILES string of the molecule is CCCc1sc(NC(=O)C2CCN(S(C)(=O)=O)CC2)nc1-c1ccc(-c2ccccc2)cc1. The largest absolute Gasteiger partial charge is 0.302 e. The number of aromatic nitrogens is 1. The minimum Gasteiger partial charge on any atom is -0.302 e. The normalized spacial score (nSPS) is 15.5. The maximum Gasteiger partial charge on any atom is 0.229 e. The van der Waals surface area contributed by atoms with Crippen LogP contribution in [0, 0.1) is 5.92 Å². The molecule has 174 valence electrons. The van der Waals surface area contributed by atoms with E-state index in [0.717, 1.165) is 34.5 Å². The van der Waals surface area contributed by atoms with Gasteiger partial charge in [0.05, 0.1) is 11.9 Å². The molecule has 6 nitrogen and oxygen atoms in total. The van der Waals surface area contributed by atoms with Crippen LogP contribution in [0.25, 0.3) is 22.4 Å². The molecule has 0 bridgehead atoms. The molecule has 0 atom stereocenters. The second-order valence-electron chi connectivity index (χ2n) is 8.41. The highest BCUT2D eigenvalue weighted by Gasteiger charge is 2.29. The van der Waals surface area contributed by atoms with Crippen LogP contribution < -0.4 is 5.32 Å². The summed E-state index contributed by atoms with van der Waals surface area (Å²) in [5.41, 5.74) is 4.28. The molecule has 1 saturated heterocycles. The van der Waals surface area contributed by atoms with Crippen molar-refractivity contribution in [1.82, 2.24) is 9.29 Å². The summed E-state index contributed by atoms with van der Waals surface area (Å²) in [6.07, 6.45) is 4.16. The predicted octanol–water partition coefficient (Wildman–Crippen LogP) is 5.04. The zero-order chi connectivity index (χ0) is 23.4. The topological polar surface area (TPSA) is 79.4 Å². The Morgan fingerprint density at radius 3 is 2.24 bits per heavy atom. The van der Waals surface area contributed by atoms with Gasteiger partial charge in [0.1, 0.15) is 0 Å². The van der Waals surface area contributed by atoms with Crippen molar-refractivity contribution in [2.75, 3.05) is 24.7 Å². The lowest BCUT2D eigenvalue weighted by atomic mass is 9.97. The van der Waals surface area contributed by atoms with Gasteiger partial charge in [-0.3, -0.25) is 4.79 Å². The minimum atomic E-state index is -3.20. The molecule has 1 aliphatic heterocycles. The molecule has 8 heteroatoms. The number of aryl methyl sites for hydroxylation is 1. The molecule has 0 radical (unpaired) electrons. The van der Waals surface area contributed by atoms with Gasteiger partial charge in [0.2, 0.25) is 15.9 Å². The second-order valence-corrected chi connectivity index (χ2v) is 11.5. The molecule has 2 heterocycles. The smallest absolute Gasteiger partial charge is 0.229 e. The molecule has 0 spiro atoms. The molecule has 0 saturated carbocycles. The van der Waals surface area contributed by atoms with Crippen molar-refractivity contribution in [2.45, 2.75) is 32.6 Å². The van der Waals surface area contributed by atoms with Gasteiger partial charge < -0.3 is 5.32 Å². The molecule has 33 heavy (non-hydrogen) atoms. The van der Waals surface area contributed by atoms with Crippen molar-refractivity contribution in [3.8, 4) is 22.4 Å². The van der Waals surface area contributed by atoms with Gasteiger partial charge in [-0.15, -0.1) is 11.3 Å². The number of sulfonamides is 1. The number of hydrogen-bond acceptors (Lipinski definition) is 5. The van der Waals surface area contributed by atoms with E-state index in [1.165, 1.54) is 27.5 Å². The van der Waals surface area contributed by atoms with Crippen molar-refractivity contribution < 1.29 is 13.2 Å². The van der Waals surface area contributed by atoms with E-state index in [1.54, 1.807) is 0 Å². The summed E-state index contributed by atoms with van der Waals surface area (Å²) in [5, 5.41) is 3.60. The number of carbonyl (C=O) groups excluding carboxylic acids is 1. The Labute approximate surface area is 199 Å². The van der Waals surface area contributed by atoms with E-state index < -0.39 is 10.0 Å². The van der Waals surface area contributed by atoms with Gasteiger partial charge in [-0.05, 0) is 30.4 Å². The molecule has 1 aromatic heterocycles. The molecule has 0 aliphatic carbocycles. The Morgan fingerprint density at radius 2 is 1.64 bits per heavy atom. The Balaban J connectivity index is 1.48. The number of rotatable bonds is 7. The van der Waals surface area contributed by atoms with Crippen LogP contribution in [0.2, 0.25) is 0 Å². The third-order valence-corrected chi connectivity index (χ3v) is 8.30. The van der Waals surface area contributed by atoms with Gasteiger partial charge in [0, 0.05) is 29.4 Å². The molecule has 3 aromatic rings. The number of piperidine rings is 1. The van der Waals surface area contributed by atoms with Crippen molar-refractivity contribution in [3.63, 3.8) is 0 Å². The molecular formula is C25H29N3O3S2. The maximum atomic E-state index is 12.8. The van der Waals surface area contributed by atoms with E-state index in [4.69, 9.17) is 4.98 Å². The van der Waals surface area contributed by atoms with Crippen LogP contribution in [-0.4, -0.2) is 43.0 Å². The fraction of sp³-hybridized carbons (Fsp3) is 0.360. The zero-order valence-corrected chi connectivity index (χ0v) is 20.6. The summed E-state index contributed by atoms with van der Waals surface area (Å²) >= 11 is 1.53. The maximum absolute atomic E-state index is 12.8. The van der Waals surface area contributed by atoms with E-state index in [-0.39, 0.29) is 11.8 Å². The highest BCUT2D eigenvalue weighted by atomic mass is 32.2. The lowest BCUT2D eigenvalue weighted by molar-refractivity contribution is -0.120. The molecule has 1 amide bonds. The molecule has 0 unspecified atom stereocenters. The summed E-state index contributed by atoms with van der Waals surface area (Å²) in [4.78, 5) is 18.8. The molecule has 4 rings (SSSR count). The molecule has 2 aromatic carbocycles. The first-order valence-electron chi connectivity index (χ1n) is 11.3. The number of anilines is 1. The van der Waals surface area contributed by atoms with Gasteiger partial charge in [0.15, 0.2) is 5.13 Å². The lowest BCUT2D eigenvalue weighted by Crippen LogP contribution is -2.40. The lowest BCUT2D eigenvalue weighted by Gasteiger charge is -2.29. The van der Waals surface area contributed by atoms with E-state index in [9.17, 15) is 13.2 Å². The molecular weight excluding hydrogens is 454 g/mol. The van der Waals surface area contributed by atoms with Crippen molar-refractivity contribution >= 4 is 32.4 Å². The fourth-order valence-electron chi connectivity index (χ4n) is 4.14. The van der Waals surface area contributed by atoms with E-state index in [1.807, 2.05) is 18.2 Å². The minimum absolute atomic E-state index is 0.0778. The quantitative estimate of drug-likeness (QED) is 0.511. The Kier molecular flexibility index (Phi) is 7.26. The number of nitrogens with one attached hydrogen (secondary N) is 1. The Bertz CT molecular complexity index is 1200. The van der Waals surface area contributed by atoms with Crippen molar-refractivity contribution in [3.05, 3.63) is 59.5 Å². The average molecular weight is 484 g/mol. The van der Waals surface area contributed by atoms with Crippen LogP contribution in [0.5, 0.6) is 0 Å². The van der Waals surface area contributed by atoms with Crippen molar-refractivity contribution in [1.29, 1.82) is 0 Å². The van der Waals surface area contributed by atoms with Gasteiger partial charge in [-0.2, -0.15) is 0 Å². The first-order chi connectivity index (χ1) is 15.8. The predicted molar refractivity (Wildman–Crippen MR) is 135 cm³/mol. The summed E-state index contributed by atoms with van der Waals surface area (Å²) in [6.45, 7) is 2.90. The zero-order valence-electron chi connectivity index (χ0n) is 19.0. The average Bonchev–Trinajstić information content (AvgIpc) is 3.21. The third-order valence-electron chi connectivity index (χ3n) is 5.96. The third kappa shape index (κ3) is 5.69. The number of amides is 1. The number of thiazole rings is 1. The number of carbonyl (C=O) groups is 1. The summed E-state index contributed by atoms with van der Waals surface area (Å²) in [7, 11) is -3.20. The standard InChI is InChI=1S/C25H29N3O3S2/c1-3-7-22-23(20-12-10-19(11-13-20)18-8-5-4-6-9-18)26-25(32-22)27-24(29)21-14-16-28(17-15-21)33(2,30)31/h4-6,8-13,21H,3,7,14-17H2,1-2H3,(H,26,27,29). The number of hydrogen-bond donors (Lipinski definition) is 1. The van der Waals surface area contributed by atoms with Crippen LogP contribution in [0.1, 0.15) is 31.1 Å². The Morgan fingerprint density at radius 1 is 1.03 bits per heavy atom.